The molecule has 0 saturated carbocycles. The summed E-state index contributed by atoms with van der Waals surface area (Å²) in [6.07, 6.45) is 1.74. The molecule has 0 spiro atoms. The molecule has 1 aromatic carbocycles. The average molecular weight is 353 g/mol. The van der Waals surface area contributed by atoms with E-state index in [1.54, 1.807) is 24.2 Å². The summed E-state index contributed by atoms with van der Waals surface area (Å²) in [4.78, 5) is 14.3. The maximum absolute atomic E-state index is 12.7. The number of carbonyl (C=O) groups is 1. The molecule has 0 saturated heterocycles. The zero-order valence-electron chi connectivity index (χ0n) is 14.6. The molecular weight excluding hydrogens is 334 g/mol. The number of aryl methyl sites for hydroxylation is 1. The Morgan fingerprint density at radius 3 is 2.96 bits per heavy atom. The van der Waals surface area contributed by atoms with Crippen LogP contribution in [0.4, 0.5) is 0 Å². The lowest BCUT2D eigenvalue weighted by atomic mass is 10.1. The number of rotatable bonds is 5. The second-order valence-electron chi connectivity index (χ2n) is 6.03. The topological polar surface area (TPSA) is 85.3 Å². The zero-order valence-corrected chi connectivity index (χ0v) is 14.6. The number of fused-ring (bicyclic) bond motifs is 1. The minimum absolute atomic E-state index is 0.131. The lowest BCUT2D eigenvalue weighted by molar-refractivity contribution is 0.0775. The maximum Gasteiger partial charge on any atom is 0.271 e. The standard InChI is InChI=1S/C18H19N5O3/c1-3-23-13(6-7-19-23)10-22(2)18(24)15-9-14(20-21-15)12-4-5-16-17(8-12)26-11-25-16/h4-9H,3,10-11H2,1-2H3,(H,20,21). The smallest absolute Gasteiger partial charge is 0.271 e. The van der Waals surface area contributed by atoms with Crippen molar-refractivity contribution in [3.05, 3.63) is 47.9 Å². The van der Waals surface area contributed by atoms with Gasteiger partial charge in [-0.3, -0.25) is 14.6 Å². The van der Waals surface area contributed by atoms with Gasteiger partial charge in [0.1, 0.15) is 5.69 Å². The van der Waals surface area contributed by atoms with Crippen LogP contribution < -0.4 is 9.47 Å². The van der Waals surface area contributed by atoms with Crippen molar-refractivity contribution < 1.29 is 14.3 Å². The summed E-state index contributed by atoms with van der Waals surface area (Å²) in [5.41, 5.74) is 2.96. The second kappa shape index (κ2) is 6.55. The van der Waals surface area contributed by atoms with Crippen molar-refractivity contribution in [2.75, 3.05) is 13.8 Å². The highest BCUT2D eigenvalue weighted by Gasteiger charge is 2.19. The summed E-state index contributed by atoms with van der Waals surface area (Å²) in [6, 6.07) is 9.25. The molecule has 1 aliphatic rings. The van der Waals surface area contributed by atoms with Crippen molar-refractivity contribution in [1.82, 2.24) is 24.9 Å². The van der Waals surface area contributed by atoms with Crippen LogP contribution in [0.1, 0.15) is 23.1 Å². The van der Waals surface area contributed by atoms with E-state index in [0.29, 0.717) is 29.4 Å². The number of benzene rings is 1. The number of nitrogens with zero attached hydrogens (tertiary/aromatic N) is 4. The Labute approximate surface area is 150 Å². The molecule has 3 aromatic rings. The van der Waals surface area contributed by atoms with E-state index in [4.69, 9.17) is 9.47 Å². The summed E-state index contributed by atoms with van der Waals surface area (Å²) in [5.74, 6) is 1.27. The van der Waals surface area contributed by atoms with Gasteiger partial charge in [0.05, 0.1) is 17.9 Å². The van der Waals surface area contributed by atoms with E-state index in [-0.39, 0.29) is 12.7 Å². The van der Waals surface area contributed by atoms with E-state index in [1.807, 2.05) is 35.9 Å². The van der Waals surface area contributed by atoms with Crippen LogP contribution in [0.15, 0.2) is 36.5 Å². The number of H-pyrrole nitrogens is 1. The van der Waals surface area contributed by atoms with Crippen LogP contribution in [-0.2, 0) is 13.1 Å². The van der Waals surface area contributed by atoms with Crippen molar-refractivity contribution in [2.24, 2.45) is 0 Å². The van der Waals surface area contributed by atoms with Gasteiger partial charge in [-0.1, -0.05) is 0 Å². The SMILES string of the molecule is CCn1nccc1CN(C)C(=O)c1cc(-c2ccc3c(c2)OCO3)n[nH]1. The number of hydrogen-bond acceptors (Lipinski definition) is 5. The summed E-state index contributed by atoms with van der Waals surface area (Å²) < 4.78 is 12.6. The van der Waals surface area contributed by atoms with Crippen LogP contribution >= 0.6 is 0 Å². The largest absolute Gasteiger partial charge is 0.454 e. The highest BCUT2D eigenvalue weighted by atomic mass is 16.7. The first-order valence-electron chi connectivity index (χ1n) is 8.37. The van der Waals surface area contributed by atoms with Gasteiger partial charge in [-0.25, -0.2) is 0 Å². The molecule has 0 radical (unpaired) electrons. The minimum atomic E-state index is -0.131. The zero-order chi connectivity index (χ0) is 18.1. The molecule has 0 fully saturated rings. The van der Waals surface area contributed by atoms with Crippen molar-refractivity contribution in [1.29, 1.82) is 0 Å². The Morgan fingerprint density at radius 2 is 2.12 bits per heavy atom. The second-order valence-corrected chi connectivity index (χ2v) is 6.03. The third-order valence-electron chi connectivity index (χ3n) is 4.33. The Balaban J connectivity index is 1.51. The van der Waals surface area contributed by atoms with Gasteiger partial charge >= 0.3 is 0 Å². The first kappa shape index (κ1) is 16.2. The normalized spacial score (nSPS) is 12.4. The first-order chi connectivity index (χ1) is 12.7. The predicted molar refractivity (Wildman–Crippen MR) is 93.8 cm³/mol. The maximum atomic E-state index is 12.7. The lowest BCUT2D eigenvalue weighted by Gasteiger charge is -2.16. The van der Waals surface area contributed by atoms with E-state index < -0.39 is 0 Å². The molecule has 1 aliphatic heterocycles. The first-order valence-corrected chi connectivity index (χ1v) is 8.37. The molecule has 3 heterocycles. The number of aromatic nitrogens is 4. The fraction of sp³-hybridized carbons (Fsp3) is 0.278. The molecule has 8 heteroatoms. The molecule has 1 N–H and O–H groups in total. The number of aromatic amines is 1. The molecule has 4 rings (SSSR count). The third-order valence-corrected chi connectivity index (χ3v) is 4.33. The summed E-state index contributed by atoms with van der Waals surface area (Å²) in [7, 11) is 1.76. The number of ether oxygens (including phenoxy) is 2. The van der Waals surface area contributed by atoms with Gasteiger partial charge in [0, 0.05) is 25.4 Å². The van der Waals surface area contributed by atoms with E-state index in [1.165, 1.54) is 0 Å². The lowest BCUT2D eigenvalue weighted by Crippen LogP contribution is -2.27. The van der Waals surface area contributed by atoms with Crippen molar-refractivity contribution in [3.8, 4) is 22.8 Å². The molecular formula is C18H19N5O3. The summed E-state index contributed by atoms with van der Waals surface area (Å²) >= 11 is 0. The van der Waals surface area contributed by atoms with E-state index in [2.05, 4.69) is 15.3 Å². The Kier molecular flexibility index (Phi) is 4.08. The number of nitrogens with one attached hydrogen (secondary N) is 1. The monoisotopic (exact) mass is 353 g/mol. The third kappa shape index (κ3) is 2.90. The highest BCUT2D eigenvalue weighted by Crippen LogP contribution is 2.35. The van der Waals surface area contributed by atoms with Gasteiger partial charge in [0.15, 0.2) is 11.5 Å². The van der Waals surface area contributed by atoms with Gasteiger partial charge in [-0.15, -0.1) is 0 Å². The van der Waals surface area contributed by atoms with Gasteiger partial charge in [-0.05, 0) is 37.3 Å². The molecule has 0 unspecified atom stereocenters. The molecule has 2 aromatic heterocycles. The molecule has 0 bridgehead atoms. The molecule has 0 aliphatic carbocycles. The van der Waals surface area contributed by atoms with E-state index >= 15 is 0 Å². The average Bonchev–Trinajstić information content (AvgIpc) is 3.39. The predicted octanol–water partition coefficient (Wildman–Crippen LogP) is 2.29. The fourth-order valence-corrected chi connectivity index (χ4v) is 2.93. The summed E-state index contributed by atoms with van der Waals surface area (Å²) in [5, 5.41) is 11.3. The Bertz CT molecular complexity index is 946. The summed E-state index contributed by atoms with van der Waals surface area (Å²) in [6.45, 7) is 3.49. The molecule has 1 amide bonds. The van der Waals surface area contributed by atoms with Gasteiger partial charge in [0.25, 0.3) is 5.91 Å². The van der Waals surface area contributed by atoms with Crippen LogP contribution in [-0.4, -0.2) is 44.6 Å². The number of hydrogen-bond donors (Lipinski definition) is 1. The Morgan fingerprint density at radius 1 is 1.27 bits per heavy atom. The number of amides is 1. The van der Waals surface area contributed by atoms with Crippen molar-refractivity contribution >= 4 is 5.91 Å². The quantitative estimate of drug-likeness (QED) is 0.761. The Hall–Kier alpha value is -3.29. The molecule has 26 heavy (non-hydrogen) atoms. The van der Waals surface area contributed by atoms with Crippen molar-refractivity contribution in [2.45, 2.75) is 20.0 Å². The molecule has 0 atom stereocenters. The fourth-order valence-electron chi connectivity index (χ4n) is 2.93. The van der Waals surface area contributed by atoms with Crippen LogP contribution in [0.3, 0.4) is 0 Å². The van der Waals surface area contributed by atoms with E-state index in [9.17, 15) is 4.79 Å². The molecule has 8 nitrogen and oxygen atoms in total. The minimum Gasteiger partial charge on any atom is -0.454 e. The van der Waals surface area contributed by atoms with Crippen LogP contribution in [0.25, 0.3) is 11.3 Å². The van der Waals surface area contributed by atoms with Crippen LogP contribution in [0, 0.1) is 0 Å². The van der Waals surface area contributed by atoms with Gasteiger partial charge in [0.2, 0.25) is 6.79 Å². The molecule has 134 valence electrons. The van der Waals surface area contributed by atoms with Crippen molar-refractivity contribution in [3.63, 3.8) is 0 Å². The van der Waals surface area contributed by atoms with E-state index in [0.717, 1.165) is 17.8 Å². The number of carbonyl (C=O) groups excluding carboxylic acids is 1. The van der Waals surface area contributed by atoms with Crippen LogP contribution in [0.2, 0.25) is 0 Å². The van der Waals surface area contributed by atoms with Gasteiger partial charge < -0.3 is 14.4 Å². The van der Waals surface area contributed by atoms with Crippen LogP contribution in [0.5, 0.6) is 11.5 Å². The van der Waals surface area contributed by atoms with Gasteiger partial charge in [-0.2, -0.15) is 10.2 Å². The highest BCUT2D eigenvalue weighted by molar-refractivity contribution is 5.93.